The van der Waals surface area contributed by atoms with Crippen LogP contribution in [-0.4, -0.2) is 55.8 Å². The summed E-state index contributed by atoms with van der Waals surface area (Å²) in [4.78, 5) is 14.3. The highest BCUT2D eigenvalue weighted by molar-refractivity contribution is 7.97. The second-order valence-electron chi connectivity index (χ2n) is 10.1. The maximum Gasteiger partial charge on any atom is 0.170 e. The highest BCUT2D eigenvalue weighted by Gasteiger charge is 2.48. The number of anilines is 2. The second-order valence-corrected chi connectivity index (χ2v) is 11.0. The molecule has 0 amide bonds. The van der Waals surface area contributed by atoms with Crippen LogP contribution in [0.25, 0.3) is 10.9 Å². The molecule has 6 rings (SSSR count). The first-order valence-electron chi connectivity index (χ1n) is 13.1. The lowest BCUT2D eigenvalue weighted by Crippen LogP contribution is -2.34. The Morgan fingerprint density at radius 1 is 0.944 bits per heavy atom. The molecule has 0 N–H and O–H groups in total. The van der Waals surface area contributed by atoms with Crippen molar-refractivity contribution in [3.63, 3.8) is 0 Å². The van der Waals surface area contributed by atoms with E-state index < -0.39 is 5.67 Å². The summed E-state index contributed by atoms with van der Waals surface area (Å²) in [7, 11) is 1.74. The van der Waals surface area contributed by atoms with Crippen molar-refractivity contribution in [1.29, 1.82) is 0 Å². The molecule has 192 valence electrons. The zero-order valence-electron chi connectivity index (χ0n) is 21.7. The number of halogens is 1. The molecule has 7 heteroatoms. The molecule has 3 aliphatic rings. The van der Waals surface area contributed by atoms with Crippen LogP contribution in [0.3, 0.4) is 0 Å². The minimum atomic E-state index is -1.34. The molecular formula is C29H37FN4OS. The van der Waals surface area contributed by atoms with Gasteiger partial charge in [-0.3, -0.25) is 0 Å². The topological polar surface area (TPSA) is 41.5 Å². The van der Waals surface area contributed by atoms with Crippen molar-refractivity contribution in [2.24, 2.45) is 0 Å². The molecule has 2 aromatic carbocycles. The summed E-state index contributed by atoms with van der Waals surface area (Å²) >= 11 is 1.75. The Bertz CT molecular complexity index is 1190. The van der Waals surface area contributed by atoms with Gasteiger partial charge < -0.3 is 14.5 Å². The van der Waals surface area contributed by atoms with E-state index >= 15 is 4.39 Å². The van der Waals surface area contributed by atoms with Crippen molar-refractivity contribution >= 4 is 34.2 Å². The van der Waals surface area contributed by atoms with E-state index in [0.717, 1.165) is 61.5 Å². The first-order valence-corrected chi connectivity index (χ1v) is 14.7. The van der Waals surface area contributed by atoms with Gasteiger partial charge in [-0.1, -0.05) is 18.2 Å². The zero-order valence-corrected chi connectivity index (χ0v) is 22.5. The van der Waals surface area contributed by atoms with Crippen molar-refractivity contribution in [2.45, 2.75) is 50.1 Å². The van der Waals surface area contributed by atoms with Gasteiger partial charge in [-0.15, -0.1) is 0 Å². The summed E-state index contributed by atoms with van der Waals surface area (Å²) in [6.45, 7) is 3.97. The molecule has 2 saturated heterocycles. The fourth-order valence-corrected chi connectivity index (χ4v) is 5.45. The van der Waals surface area contributed by atoms with Crippen LogP contribution in [-0.2, 0) is 5.67 Å². The molecule has 1 aliphatic carbocycles. The molecule has 2 aliphatic heterocycles. The SMILES string of the molecule is COc1ccccc1C1CCN(c2nc(C3(F)CC3)nc3ccc(N4CCCC4)cc23)CC1.CSC. The zero-order chi connectivity index (χ0) is 25.1. The molecule has 0 unspecified atom stereocenters. The number of fused-ring (bicyclic) bond motifs is 1. The van der Waals surface area contributed by atoms with Crippen LogP contribution in [0.15, 0.2) is 42.5 Å². The average Bonchev–Trinajstić information content (AvgIpc) is 3.44. The molecule has 0 bridgehead atoms. The lowest BCUT2D eigenvalue weighted by Gasteiger charge is -2.34. The molecule has 1 aromatic heterocycles. The average molecular weight is 509 g/mol. The van der Waals surface area contributed by atoms with E-state index in [4.69, 9.17) is 9.72 Å². The smallest absolute Gasteiger partial charge is 0.170 e. The monoisotopic (exact) mass is 508 g/mol. The van der Waals surface area contributed by atoms with Gasteiger partial charge in [-0.2, -0.15) is 11.8 Å². The number of para-hydroxylation sites is 1. The van der Waals surface area contributed by atoms with Crippen LogP contribution >= 0.6 is 11.8 Å². The summed E-state index contributed by atoms with van der Waals surface area (Å²) in [6, 6.07) is 14.8. The lowest BCUT2D eigenvalue weighted by molar-refractivity contribution is 0.301. The minimum absolute atomic E-state index is 0.366. The maximum absolute atomic E-state index is 15.0. The Kier molecular flexibility index (Phi) is 7.56. The number of nitrogens with zero attached hydrogens (tertiary/aromatic N) is 4. The number of hydrogen-bond donors (Lipinski definition) is 0. The maximum atomic E-state index is 15.0. The summed E-state index contributed by atoms with van der Waals surface area (Å²) in [6.07, 6.45) is 9.66. The molecule has 3 aromatic rings. The standard InChI is InChI=1S/C27H31FN4O.C2H6S/c1-33-24-7-3-2-6-21(24)19-10-16-32(17-11-19)25-22-18-20(31-14-4-5-15-31)8-9-23(22)29-26(30-25)27(28)12-13-27;1-3-2/h2-3,6-9,18-19H,4-5,10-17H2,1H3;1-2H3. The van der Waals surface area contributed by atoms with Gasteiger partial charge in [-0.05, 0) is 86.8 Å². The van der Waals surface area contributed by atoms with Crippen LogP contribution < -0.4 is 14.5 Å². The number of hydrogen-bond acceptors (Lipinski definition) is 6. The third kappa shape index (κ3) is 5.13. The predicted octanol–water partition coefficient (Wildman–Crippen LogP) is 6.56. The summed E-state index contributed by atoms with van der Waals surface area (Å²) < 4.78 is 20.6. The van der Waals surface area contributed by atoms with E-state index in [0.29, 0.717) is 24.6 Å². The molecular weight excluding hydrogens is 471 g/mol. The van der Waals surface area contributed by atoms with Gasteiger partial charge >= 0.3 is 0 Å². The van der Waals surface area contributed by atoms with Gasteiger partial charge in [0, 0.05) is 37.3 Å². The molecule has 3 fully saturated rings. The number of aromatic nitrogens is 2. The Balaban J connectivity index is 0.000000848. The van der Waals surface area contributed by atoms with E-state index in [9.17, 15) is 0 Å². The van der Waals surface area contributed by atoms with Gasteiger partial charge in [0.1, 0.15) is 11.6 Å². The number of rotatable bonds is 5. The van der Waals surface area contributed by atoms with Crippen LogP contribution in [0.5, 0.6) is 5.75 Å². The van der Waals surface area contributed by atoms with Gasteiger partial charge in [0.2, 0.25) is 0 Å². The highest BCUT2D eigenvalue weighted by Crippen LogP contribution is 2.49. The summed E-state index contributed by atoms with van der Waals surface area (Å²) in [5.41, 5.74) is 2.02. The van der Waals surface area contributed by atoms with E-state index in [-0.39, 0.29) is 0 Å². The molecule has 3 heterocycles. The molecule has 0 atom stereocenters. The van der Waals surface area contributed by atoms with Crippen molar-refractivity contribution in [2.75, 3.05) is 55.6 Å². The fraction of sp³-hybridized carbons (Fsp3) is 0.517. The number of benzene rings is 2. The Labute approximate surface area is 218 Å². The number of ether oxygens (including phenoxy) is 1. The van der Waals surface area contributed by atoms with E-state index in [1.54, 1.807) is 18.9 Å². The fourth-order valence-electron chi connectivity index (χ4n) is 5.45. The van der Waals surface area contributed by atoms with Crippen LogP contribution in [0.2, 0.25) is 0 Å². The van der Waals surface area contributed by atoms with Gasteiger partial charge in [0.25, 0.3) is 0 Å². The Hall–Kier alpha value is -2.54. The second kappa shape index (κ2) is 10.8. The molecule has 0 spiro atoms. The quantitative estimate of drug-likeness (QED) is 0.389. The first-order chi connectivity index (χ1) is 17.6. The molecule has 0 radical (unpaired) electrons. The summed E-state index contributed by atoms with van der Waals surface area (Å²) in [5.74, 6) is 2.69. The molecule has 1 saturated carbocycles. The third-order valence-electron chi connectivity index (χ3n) is 7.59. The van der Waals surface area contributed by atoms with Crippen molar-refractivity contribution in [3.8, 4) is 5.75 Å². The predicted molar refractivity (Wildman–Crippen MR) is 150 cm³/mol. The number of alkyl halides is 1. The lowest BCUT2D eigenvalue weighted by atomic mass is 9.88. The Morgan fingerprint density at radius 3 is 2.31 bits per heavy atom. The number of methoxy groups -OCH3 is 1. The third-order valence-corrected chi connectivity index (χ3v) is 7.59. The largest absolute Gasteiger partial charge is 0.496 e. The number of thioether (sulfide) groups is 1. The van der Waals surface area contributed by atoms with Crippen LogP contribution in [0, 0.1) is 0 Å². The van der Waals surface area contributed by atoms with Gasteiger partial charge in [0.15, 0.2) is 11.5 Å². The first kappa shape index (κ1) is 25.1. The van der Waals surface area contributed by atoms with Crippen molar-refractivity contribution < 1.29 is 9.13 Å². The van der Waals surface area contributed by atoms with E-state index in [1.165, 1.54) is 24.1 Å². The van der Waals surface area contributed by atoms with Crippen molar-refractivity contribution in [1.82, 2.24) is 9.97 Å². The highest BCUT2D eigenvalue weighted by atomic mass is 32.2. The summed E-state index contributed by atoms with van der Waals surface area (Å²) in [5, 5.41) is 1.04. The molecule has 5 nitrogen and oxygen atoms in total. The van der Waals surface area contributed by atoms with Gasteiger partial charge in [-0.25, -0.2) is 14.4 Å². The van der Waals surface area contributed by atoms with Crippen LogP contribution in [0.4, 0.5) is 15.9 Å². The Morgan fingerprint density at radius 2 is 1.64 bits per heavy atom. The van der Waals surface area contributed by atoms with Crippen LogP contribution in [0.1, 0.15) is 55.8 Å². The van der Waals surface area contributed by atoms with E-state index in [1.807, 2.05) is 24.6 Å². The van der Waals surface area contributed by atoms with Gasteiger partial charge in [0.05, 0.1) is 12.6 Å². The normalized spacial score (nSPS) is 19.2. The van der Waals surface area contributed by atoms with Crippen molar-refractivity contribution in [3.05, 3.63) is 53.9 Å². The molecule has 36 heavy (non-hydrogen) atoms. The van der Waals surface area contributed by atoms with E-state index in [2.05, 4.69) is 45.1 Å². The minimum Gasteiger partial charge on any atom is -0.496 e. The number of piperidine rings is 1.